The average Bonchev–Trinajstić information content (AvgIpc) is 2.93. The van der Waals surface area contributed by atoms with Crippen molar-refractivity contribution in [2.24, 2.45) is 0 Å². The molecule has 3 heterocycles. The van der Waals surface area contributed by atoms with Crippen LogP contribution in [-0.4, -0.2) is 68.3 Å². The van der Waals surface area contributed by atoms with E-state index in [4.69, 9.17) is 9.47 Å². The number of fused-ring (bicyclic) bond motifs is 1. The first-order valence-corrected chi connectivity index (χ1v) is 13.5. The number of para-hydroxylation sites is 1. The maximum atomic E-state index is 13.2. The van der Waals surface area contributed by atoms with Gasteiger partial charge in [0.1, 0.15) is 30.9 Å². The van der Waals surface area contributed by atoms with Gasteiger partial charge in [-0.3, -0.25) is 9.59 Å². The van der Waals surface area contributed by atoms with Crippen molar-refractivity contribution >= 4 is 29.9 Å². The molecule has 3 aliphatic rings. The molecule has 206 valence electrons. The number of nitrogens with one attached hydrogen (secondary N) is 1. The first kappa shape index (κ1) is 28.2. The maximum Gasteiger partial charge on any atom is 0.227 e. The molecule has 0 spiro atoms. The van der Waals surface area contributed by atoms with Gasteiger partial charge in [0.25, 0.3) is 0 Å². The number of nitrogens with zero attached hydrogens (tertiary/aromatic N) is 2. The van der Waals surface area contributed by atoms with E-state index in [1.165, 1.54) is 5.56 Å². The maximum absolute atomic E-state index is 13.2. The molecule has 2 aromatic rings. The first-order chi connectivity index (χ1) is 18.1. The lowest BCUT2D eigenvalue weighted by Crippen LogP contribution is -2.50. The quantitative estimate of drug-likeness (QED) is 0.541. The number of ether oxygens (including phenoxy) is 2. The molecule has 5 rings (SSSR count). The van der Waals surface area contributed by atoms with Crippen molar-refractivity contribution < 1.29 is 23.5 Å². The van der Waals surface area contributed by atoms with Crippen LogP contribution in [0.1, 0.15) is 43.2 Å². The minimum atomic E-state index is -0.599. The summed E-state index contributed by atoms with van der Waals surface area (Å²) < 4.78 is 24.7. The number of hydrogen-bond donors (Lipinski definition) is 1. The number of alkyl halides is 1. The van der Waals surface area contributed by atoms with Crippen LogP contribution in [-0.2, 0) is 22.4 Å². The number of anilines is 1. The zero-order valence-corrected chi connectivity index (χ0v) is 22.5. The summed E-state index contributed by atoms with van der Waals surface area (Å²) in [5.74, 6) is 1.37. The second-order valence-corrected chi connectivity index (χ2v) is 10.1. The van der Waals surface area contributed by atoms with Crippen LogP contribution in [0.15, 0.2) is 42.5 Å². The summed E-state index contributed by atoms with van der Waals surface area (Å²) in [6, 6.07) is 13.7. The van der Waals surface area contributed by atoms with Gasteiger partial charge in [-0.15, -0.1) is 12.4 Å². The van der Waals surface area contributed by atoms with Crippen LogP contribution in [0.3, 0.4) is 0 Å². The Morgan fingerprint density at radius 2 is 1.79 bits per heavy atom. The summed E-state index contributed by atoms with van der Waals surface area (Å²) in [7, 11) is 0. The second kappa shape index (κ2) is 13.3. The van der Waals surface area contributed by atoms with Crippen LogP contribution < -0.4 is 19.7 Å². The predicted octanol–water partition coefficient (Wildman–Crippen LogP) is 4.10. The van der Waals surface area contributed by atoms with Crippen LogP contribution in [0.2, 0.25) is 0 Å². The summed E-state index contributed by atoms with van der Waals surface area (Å²) in [4.78, 5) is 29.8. The van der Waals surface area contributed by atoms with Gasteiger partial charge in [0.05, 0.1) is 6.42 Å². The number of carbonyl (C=O) groups is 2. The Labute approximate surface area is 230 Å². The van der Waals surface area contributed by atoms with E-state index in [1.54, 1.807) is 6.07 Å². The number of amides is 2. The number of hydrogen-bond acceptors (Lipinski definition) is 5. The van der Waals surface area contributed by atoms with E-state index >= 15 is 0 Å². The highest BCUT2D eigenvalue weighted by molar-refractivity contribution is 5.97. The summed E-state index contributed by atoms with van der Waals surface area (Å²) in [5.41, 5.74) is 2.97. The monoisotopic (exact) mass is 545 g/mol. The molecule has 2 aromatic carbocycles. The lowest BCUT2D eigenvalue weighted by atomic mass is 9.95. The molecule has 3 aliphatic heterocycles. The van der Waals surface area contributed by atoms with E-state index in [9.17, 15) is 14.0 Å². The van der Waals surface area contributed by atoms with Crippen molar-refractivity contribution in [3.8, 4) is 11.5 Å². The van der Waals surface area contributed by atoms with Gasteiger partial charge >= 0.3 is 0 Å². The van der Waals surface area contributed by atoms with Crippen molar-refractivity contribution in [1.82, 2.24) is 10.2 Å². The smallest absolute Gasteiger partial charge is 0.227 e. The number of halogens is 2. The van der Waals surface area contributed by atoms with Gasteiger partial charge in [-0.2, -0.15) is 0 Å². The van der Waals surface area contributed by atoms with Gasteiger partial charge in [-0.1, -0.05) is 24.3 Å². The fraction of sp³-hybridized carbons (Fsp3) is 0.517. The van der Waals surface area contributed by atoms with Gasteiger partial charge in [-0.25, -0.2) is 4.39 Å². The molecule has 2 amide bonds. The molecule has 9 heteroatoms. The Balaban J connectivity index is 0.00000336. The molecular weight excluding hydrogens is 509 g/mol. The third-order valence-corrected chi connectivity index (χ3v) is 7.61. The van der Waals surface area contributed by atoms with Crippen molar-refractivity contribution in [2.75, 3.05) is 44.4 Å². The van der Waals surface area contributed by atoms with Gasteiger partial charge in [-0.05, 0) is 62.9 Å². The highest BCUT2D eigenvalue weighted by Gasteiger charge is 2.33. The van der Waals surface area contributed by atoms with E-state index in [2.05, 4.69) is 11.4 Å². The first-order valence-electron chi connectivity index (χ1n) is 13.5. The van der Waals surface area contributed by atoms with Gasteiger partial charge < -0.3 is 24.6 Å². The molecule has 7 nitrogen and oxygen atoms in total. The molecule has 0 radical (unpaired) electrons. The summed E-state index contributed by atoms with van der Waals surface area (Å²) >= 11 is 0. The molecule has 1 N–H and O–H groups in total. The third-order valence-electron chi connectivity index (χ3n) is 7.61. The molecule has 0 aliphatic carbocycles. The largest absolute Gasteiger partial charge is 0.490 e. The van der Waals surface area contributed by atoms with E-state index in [0.29, 0.717) is 31.0 Å². The topological polar surface area (TPSA) is 71.1 Å². The number of benzene rings is 2. The number of piperidine rings is 2. The molecular formula is C29H37ClFN3O4. The van der Waals surface area contributed by atoms with Gasteiger partial charge in [0.15, 0.2) is 0 Å². The number of likely N-dealkylation sites (tertiary alicyclic amines) is 1. The van der Waals surface area contributed by atoms with E-state index in [-0.39, 0.29) is 49.4 Å². The standard InChI is InChI=1S/C29H36FN3O4.ClH/c30-13-18-36-27-20-25(37-24-9-14-31-15-10-24)7-5-22(27)19-29(35)32-16-11-23(12-17-32)33-26-4-2-1-3-21(26)6-8-28(33)34;/h1-5,7,20,23-24,31H,6,8-19H2;1H. The van der Waals surface area contributed by atoms with Crippen molar-refractivity contribution in [3.63, 3.8) is 0 Å². The molecule has 0 saturated carbocycles. The van der Waals surface area contributed by atoms with Crippen LogP contribution in [0.25, 0.3) is 0 Å². The zero-order valence-electron chi connectivity index (χ0n) is 21.7. The SMILES string of the molecule is Cl.O=C(Cc1ccc(OC2CCNCC2)cc1OCCF)N1CCC(N2C(=O)CCc3ccccc32)CC1. The number of carbonyl (C=O) groups excluding carboxylic acids is 2. The average molecular weight is 546 g/mol. The Kier molecular flexibility index (Phi) is 9.86. The number of aryl methyl sites for hydroxylation is 1. The fourth-order valence-corrected chi connectivity index (χ4v) is 5.65. The number of rotatable bonds is 8. The Bertz CT molecular complexity index is 1100. The van der Waals surface area contributed by atoms with Gasteiger partial charge in [0.2, 0.25) is 11.8 Å². The van der Waals surface area contributed by atoms with E-state index in [1.807, 2.05) is 40.1 Å². The molecule has 0 bridgehead atoms. The van der Waals surface area contributed by atoms with Crippen molar-refractivity contribution in [1.29, 1.82) is 0 Å². The summed E-state index contributed by atoms with van der Waals surface area (Å²) in [5, 5.41) is 3.32. The molecule has 0 atom stereocenters. The Hall–Kier alpha value is -2.84. The van der Waals surface area contributed by atoms with E-state index < -0.39 is 6.67 Å². The van der Waals surface area contributed by atoms with Crippen LogP contribution in [0.5, 0.6) is 11.5 Å². The summed E-state index contributed by atoms with van der Waals surface area (Å²) in [6.45, 7) is 2.41. The molecule has 38 heavy (non-hydrogen) atoms. The zero-order chi connectivity index (χ0) is 25.6. The minimum absolute atomic E-state index is 0. The van der Waals surface area contributed by atoms with Crippen LogP contribution >= 0.6 is 12.4 Å². The third kappa shape index (κ3) is 6.59. The summed E-state index contributed by atoms with van der Waals surface area (Å²) in [6.07, 6.45) is 5.03. The Morgan fingerprint density at radius 1 is 1.03 bits per heavy atom. The molecule has 0 unspecified atom stereocenters. The minimum Gasteiger partial charge on any atom is -0.490 e. The second-order valence-electron chi connectivity index (χ2n) is 10.1. The lowest BCUT2D eigenvalue weighted by molar-refractivity contribution is -0.131. The Morgan fingerprint density at radius 3 is 2.55 bits per heavy atom. The molecule has 0 aromatic heterocycles. The van der Waals surface area contributed by atoms with Crippen LogP contribution in [0.4, 0.5) is 10.1 Å². The van der Waals surface area contributed by atoms with Crippen molar-refractivity contribution in [3.05, 3.63) is 53.6 Å². The highest BCUT2D eigenvalue weighted by Crippen LogP contribution is 2.33. The molecule has 2 saturated heterocycles. The highest BCUT2D eigenvalue weighted by atomic mass is 35.5. The predicted molar refractivity (Wildman–Crippen MR) is 147 cm³/mol. The fourth-order valence-electron chi connectivity index (χ4n) is 5.65. The van der Waals surface area contributed by atoms with Crippen molar-refractivity contribution in [2.45, 2.75) is 57.1 Å². The molecule has 2 fully saturated rings. The van der Waals surface area contributed by atoms with E-state index in [0.717, 1.165) is 56.4 Å². The normalized spacial score (nSPS) is 18.5. The van der Waals surface area contributed by atoms with Gasteiger partial charge in [0, 0.05) is 42.9 Å². The van der Waals surface area contributed by atoms with Crippen LogP contribution in [0, 0.1) is 0 Å². The lowest BCUT2D eigenvalue weighted by Gasteiger charge is -2.41.